The Morgan fingerprint density at radius 1 is 1.14 bits per heavy atom. The molecule has 7 nitrogen and oxygen atoms in total. The van der Waals surface area contributed by atoms with Crippen LogP contribution in [0.4, 0.5) is 10.1 Å². The van der Waals surface area contributed by atoms with E-state index in [1.54, 1.807) is 18.2 Å². The molecule has 0 spiro atoms. The van der Waals surface area contributed by atoms with E-state index in [0.717, 1.165) is 28.1 Å². The third-order valence-electron chi connectivity index (χ3n) is 3.87. The molecule has 9 heteroatoms. The van der Waals surface area contributed by atoms with Gasteiger partial charge in [-0.1, -0.05) is 12.1 Å². The average molecular weight is 408 g/mol. The van der Waals surface area contributed by atoms with Gasteiger partial charge in [0.1, 0.15) is 5.82 Å². The van der Waals surface area contributed by atoms with Crippen LogP contribution in [0.25, 0.3) is 0 Å². The predicted octanol–water partition coefficient (Wildman–Crippen LogP) is 2.57. The predicted molar refractivity (Wildman–Crippen MR) is 102 cm³/mol. The molecule has 0 bridgehead atoms. The Balaban J connectivity index is 2.16. The molecule has 0 radical (unpaired) electrons. The number of amides is 1. The van der Waals surface area contributed by atoms with E-state index in [-0.39, 0.29) is 4.90 Å². The van der Waals surface area contributed by atoms with E-state index in [9.17, 15) is 22.4 Å². The molecule has 0 aliphatic rings. The number of ether oxygens (including phenoxy) is 1. The lowest BCUT2D eigenvalue weighted by molar-refractivity contribution is -0.123. The number of halogens is 1. The summed E-state index contributed by atoms with van der Waals surface area (Å²) < 4.78 is 44.3. The fourth-order valence-electron chi connectivity index (χ4n) is 2.28. The summed E-state index contributed by atoms with van der Waals surface area (Å²) in [5, 5.41) is 2.59. The molecule has 0 aromatic heterocycles. The molecule has 0 saturated heterocycles. The second kappa shape index (κ2) is 8.49. The molecule has 0 unspecified atom stereocenters. The number of esters is 1. The second-order valence-electron chi connectivity index (χ2n) is 6.34. The topological polar surface area (TPSA) is 92.8 Å². The number of hydrogen-bond acceptors (Lipinski definition) is 5. The van der Waals surface area contributed by atoms with Crippen molar-refractivity contribution in [2.45, 2.75) is 24.8 Å². The van der Waals surface area contributed by atoms with E-state index in [0.29, 0.717) is 5.69 Å². The molecule has 1 N–H and O–H groups in total. The minimum atomic E-state index is -3.86. The molecule has 2 aromatic carbocycles. The molecule has 28 heavy (non-hydrogen) atoms. The van der Waals surface area contributed by atoms with E-state index in [1.807, 2.05) is 13.0 Å². The van der Waals surface area contributed by atoms with Crippen molar-refractivity contribution in [3.8, 4) is 0 Å². The first-order valence-corrected chi connectivity index (χ1v) is 9.77. The van der Waals surface area contributed by atoms with Gasteiger partial charge in [0, 0.05) is 19.8 Å². The maximum absolute atomic E-state index is 14.0. The summed E-state index contributed by atoms with van der Waals surface area (Å²) in [7, 11) is -1.23. The van der Waals surface area contributed by atoms with E-state index < -0.39 is 39.4 Å². The lowest BCUT2D eigenvalue weighted by atomic mass is 10.2. The molecule has 0 heterocycles. The van der Waals surface area contributed by atoms with Gasteiger partial charge in [-0.15, -0.1) is 0 Å². The highest BCUT2D eigenvalue weighted by atomic mass is 32.2. The summed E-state index contributed by atoms with van der Waals surface area (Å²) in [5.74, 6) is -2.69. The number of aryl methyl sites for hydroxylation is 1. The van der Waals surface area contributed by atoms with E-state index in [2.05, 4.69) is 5.32 Å². The van der Waals surface area contributed by atoms with E-state index in [4.69, 9.17) is 4.74 Å². The lowest BCUT2D eigenvalue weighted by Crippen LogP contribution is -2.30. The molecule has 1 amide bonds. The molecular weight excluding hydrogens is 387 g/mol. The van der Waals surface area contributed by atoms with Gasteiger partial charge in [-0.2, -0.15) is 0 Å². The SMILES string of the molecule is Cc1cccc(NC(=O)[C@H](C)OC(=O)c2cc(S(=O)(=O)N(C)C)ccc2F)c1. The first-order chi connectivity index (χ1) is 13.0. The molecule has 2 aromatic rings. The lowest BCUT2D eigenvalue weighted by Gasteiger charge is -2.15. The number of anilines is 1. The smallest absolute Gasteiger partial charge is 0.341 e. The number of sulfonamides is 1. The second-order valence-corrected chi connectivity index (χ2v) is 8.49. The van der Waals surface area contributed by atoms with Crippen LogP contribution >= 0.6 is 0 Å². The van der Waals surface area contributed by atoms with Crippen molar-refractivity contribution >= 4 is 27.6 Å². The largest absolute Gasteiger partial charge is 0.449 e. The molecule has 0 aliphatic carbocycles. The zero-order valence-corrected chi connectivity index (χ0v) is 16.7. The van der Waals surface area contributed by atoms with Crippen LogP contribution in [0.1, 0.15) is 22.8 Å². The van der Waals surface area contributed by atoms with Crippen molar-refractivity contribution in [2.75, 3.05) is 19.4 Å². The van der Waals surface area contributed by atoms with Gasteiger partial charge in [0.25, 0.3) is 5.91 Å². The summed E-state index contributed by atoms with van der Waals surface area (Å²) in [6, 6.07) is 9.83. The standard InChI is InChI=1S/C19H21FN2O5S/c1-12-6-5-7-14(10-12)21-18(23)13(2)27-19(24)16-11-15(8-9-17(16)20)28(25,26)22(3)4/h5-11,13H,1-4H3,(H,21,23)/t13-/m0/s1. The van der Waals surface area contributed by atoms with Crippen LogP contribution < -0.4 is 5.32 Å². The summed E-state index contributed by atoms with van der Waals surface area (Å²) >= 11 is 0. The van der Waals surface area contributed by atoms with Crippen LogP contribution in [-0.2, 0) is 19.6 Å². The first-order valence-electron chi connectivity index (χ1n) is 8.33. The maximum atomic E-state index is 14.0. The molecule has 0 fully saturated rings. The number of rotatable bonds is 6. The Morgan fingerprint density at radius 2 is 1.82 bits per heavy atom. The van der Waals surface area contributed by atoms with Crippen molar-refractivity contribution in [3.05, 3.63) is 59.4 Å². The number of carbonyl (C=O) groups is 2. The average Bonchev–Trinajstić information content (AvgIpc) is 2.61. The number of nitrogens with one attached hydrogen (secondary N) is 1. The van der Waals surface area contributed by atoms with Gasteiger partial charge in [0.05, 0.1) is 10.5 Å². The highest BCUT2D eigenvalue weighted by Crippen LogP contribution is 2.19. The van der Waals surface area contributed by atoms with Crippen LogP contribution in [0.5, 0.6) is 0 Å². The Labute approximate surface area is 163 Å². The zero-order chi connectivity index (χ0) is 21.1. The summed E-state index contributed by atoms with van der Waals surface area (Å²) in [4.78, 5) is 24.2. The Kier molecular flexibility index (Phi) is 6.52. The summed E-state index contributed by atoms with van der Waals surface area (Å²) in [6.07, 6.45) is -1.22. The van der Waals surface area contributed by atoms with Gasteiger partial charge < -0.3 is 10.1 Å². The minimum Gasteiger partial charge on any atom is -0.449 e. The van der Waals surface area contributed by atoms with Crippen molar-refractivity contribution in [1.29, 1.82) is 0 Å². The fraction of sp³-hybridized carbons (Fsp3) is 0.263. The van der Waals surface area contributed by atoms with E-state index in [1.165, 1.54) is 21.0 Å². The van der Waals surface area contributed by atoms with Crippen LogP contribution in [0.15, 0.2) is 47.4 Å². The molecule has 1 atom stereocenters. The van der Waals surface area contributed by atoms with E-state index >= 15 is 0 Å². The number of hydrogen-bond donors (Lipinski definition) is 1. The van der Waals surface area contributed by atoms with Crippen molar-refractivity contribution < 1.29 is 27.1 Å². The normalized spacial score (nSPS) is 12.5. The van der Waals surface area contributed by atoms with Gasteiger partial charge in [0.15, 0.2) is 6.10 Å². The Bertz CT molecular complexity index is 1010. The highest BCUT2D eigenvalue weighted by molar-refractivity contribution is 7.89. The minimum absolute atomic E-state index is 0.261. The fourth-order valence-corrected chi connectivity index (χ4v) is 3.20. The third kappa shape index (κ3) is 4.93. The van der Waals surface area contributed by atoms with Crippen LogP contribution in [0.2, 0.25) is 0 Å². The number of nitrogens with zero attached hydrogens (tertiary/aromatic N) is 1. The Hall–Kier alpha value is -2.78. The molecule has 2 rings (SSSR count). The Morgan fingerprint density at radius 3 is 2.43 bits per heavy atom. The molecule has 0 saturated carbocycles. The van der Waals surface area contributed by atoms with Crippen LogP contribution in [0, 0.1) is 12.7 Å². The quantitative estimate of drug-likeness (QED) is 0.742. The van der Waals surface area contributed by atoms with Gasteiger partial charge in [-0.05, 0) is 49.7 Å². The zero-order valence-electron chi connectivity index (χ0n) is 15.9. The van der Waals surface area contributed by atoms with Crippen LogP contribution in [-0.4, -0.2) is 44.8 Å². The maximum Gasteiger partial charge on any atom is 0.341 e. The van der Waals surface area contributed by atoms with Crippen molar-refractivity contribution in [2.24, 2.45) is 0 Å². The highest BCUT2D eigenvalue weighted by Gasteiger charge is 2.25. The summed E-state index contributed by atoms with van der Waals surface area (Å²) in [6.45, 7) is 3.19. The molecule has 150 valence electrons. The van der Waals surface area contributed by atoms with Crippen molar-refractivity contribution in [1.82, 2.24) is 4.31 Å². The molecular formula is C19H21FN2O5S. The van der Waals surface area contributed by atoms with Gasteiger partial charge in [0.2, 0.25) is 10.0 Å². The summed E-state index contributed by atoms with van der Waals surface area (Å²) in [5.41, 5.74) is 0.889. The van der Waals surface area contributed by atoms with Crippen molar-refractivity contribution in [3.63, 3.8) is 0 Å². The molecule has 0 aliphatic heterocycles. The first kappa shape index (κ1) is 21.5. The monoisotopic (exact) mass is 408 g/mol. The van der Waals surface area contributed by atoms with Crippen LogP contribution in [0.3, 0.4) is 0 Å². The number of carbonyl (C=O) groups excluding carboxylic acids is 2. The van der Waals surface area contributed by atoms with Gasteiger partial charge in [-0.25, -0.2) is 21.9 Å². The van der Waals surface area contributed by atoms with Gasteiger partial charge >= 0.3 is 5.97 Å². The third-order valence-corrected chi connectivity index (χ3v) is 5.69. The number of benzene rings is 2. The van der Waals surface area contributed by atoms with Gasteiger partial charge in [-0.3, -0.25) is 4.79 Å².